The average molecular weight is 438 g/mol. The zero-order valence-electron chi connectivity index (χ0n) is 18.1. The van der Waals surface area contributed by atoms with Crippen LogP contribution >= 0.6 is 0 Å². The van der Waals surface area contributed by atoms with Gasteiger partial charge in [0.05, 0.1) is 0 Å². The fraction of sp³-hybridized carbons (Fsp3) is 0.333. The van der Waals surface area contributed by atoms with Gasteiger partial charge in [-0.2, -0.15) is 0 Å². The molecule has 2 aromatic rings. The largest absolute Gasteiger partial charge is 0.426 e. The maximum atomic E-state index is 12.8. The number of hydrogen-bond donors (Lipinski definition) is 2. The maximum absolute atomic E-state index is 12.8. The van der Waals surface area contributed by atoms with Gasteiger partial charge in [-0.15, -0.1) is 0 Å². The minimum Gasteiger partial charge on any atom is -0.426 e. The van der Waals surface area contributed by atoms with Gasteiger partial charge in [0, 0.05) is 24.2 Å². The summed E-state index contributed by atoms with van der Waals surface area (Å²) in [6.45, 7) is 3.50. The molecule has 3 rings (SSSR count). The van der Waals surface area contributed by atoms with Crippen LogP contribution in [0.3, 0.4) is 0 Å². The van der Waals surface area contributed by atoms with E-state index in [2.05, 4.69) is 10.6 Å². The predicted molar refractivity (Wildman–Crippen MR) is 118 cm³/mol. The first-order chi connectivity index (χ1) is 15.4. The molecule has 0 radical (unpaired) electrons. The van der Waals surface area contributed by atoms with Crippen molar-refractivity contribution in [3.8, 4) is 11.5 Å². The highest BCUT2D eigenvalue weighted by Crippen LogP contribution is 2.43. The summed E-state index contributed by atoms with van der Waals surface area (Å²) < 4.78 is 10.9. The van der Waals surface area contributed by atoms with Gasteiger partial charge >= 0.3 is 11.9 Å². The molecule has 1 aliphatic carbocycles. The lowest BCUT2D eigenvalue weighted by Gasteiger charge is -2.36. The Morgan fingerprint density at radius 3 is 1.38 bits per heavy atom. The molecule has 0 unspecified atom stereocenters. The lowest BCUT2D eigenvalue weighted by molar-refractivity contribution is -0.167. The molecule has 0 bridgehead atoms. The van der Waals surface area contributed by atoms with Crippen LogP contribution in [0.2, 0.25) is 0 Å². The van der Waals surface area contributed by atoms with Crippen LogP contribution in [0.15, 0.2) is 48.5 Å². The number of anilines is 2. The number of carbonyl (C=O) groups is 4. The van der Waals surface area contributed by atoms with Crippen LogP contribution in [-0.2, 0) is 19.2 Å². The highest BCUT2D eigenvalue weighted by atomic mass is 16.6. The van der Waals surface area contributed by atoms with E-state index in [0.717, 1.165) is 0 Å². The van der Waals surface area contributed by atoms with Crippen LogP contribution in [-0.4, -0.2) is 23.8 Å². The number of amides is 2. The number of carbonyl (C=O) groups excluding carboxylic acids is 4. The first-order valence-corrected chi connectivity index (χ1v) is 10.6. The molecular formula is C24H26N2O6. The summed E-state index contributed by atoms with van der Waals surface area (Å²) in [5, 5.41) is 5.42. The number of hydrogen-bond acceptors (Lipinski definition) is 6. The van der Waals surface area contributed by atoms with E-state index in [4.69, 9.17) is 9.47 Å². The Morgan fingerprint density at radius 2 is 1.09 bits per heavy atom. The molecule has 1 fully saturated rings. The van der Waals surface area contributed by atoms with Crippen molar-refractivity contribution in [3.05, 3.63) is 48.5 Å². The monoisotopic (exact) mass is 438 g/mol. The van der Waals surface area contributed by atoms with Crippen LogP contribution in [0.1, 0.15) is 46.0 Å². The first kappa shape index (κ1) is 23.0. The Hall–Kier alpha value is -3.68. The molecule has 2 N–H and O–H groups in total. The molecule has 8 nitrogen and oxygen atoms in total. The molecule has 2 aromatic carbocycles. The van der Waals surface area contributed by atoms with Crippen molar-refractivity contribution in [1.82, 2.24) is 0 Å². The molecule has 32 heavy (non-hydrogen) atoms. The van der Waals surface area contributed by atoms with Gasteiger partial charge in [-0.05, 0) is 67.8 Å². The van der Waals surface area contributed by atoms with Crippen molar-refractivity contribution in [2.24, 2.45) is 5.41 Å². The summed E-state index contributed by atoms with van der Waals surface area (Å²) in [6, 6.07) is 12.7. The van der Waals surface area contributed by atoms with Crippen molar-refractivity contribution in [3.63, 3.8) is 0 Å². The highest BCUT2D eigenvalue weighted by molar-refractivity contribution is 6.02. The molecular weight excluding hydrogens is 412 g/mol. The summed E-state index contributed by atoms with van der Waals surface area (Å²) in [6.07, 6.45) is 2.13. The minimum absolute atomic E-state index is 0.119. The van der Waals surface area contributed by atoms with Crippen LogP contribution in [0.5, 0.6) is 11.5 Å². The topological polar surface area (TPSA) is 111 Å². The van der Waals surface area contributed by atoms with Gasteiger partial charge < -0.3 is 20.1 Å². The molecule has 8 heteroatoms. The maximum Gasteiger partial charge on any atom is 0.328 e. The Bertz CT molecular complexity index is 917. The van der Waals surface area contributed by atoms with Crippen molar-refractivity contribution >= 4 is 35.1 Å². The number of rotatable bonds is 8. The van der Waals surface area contributed by atoms with Crippen molar-refractivity contribution in [1.29, 1.82) is 0 Å². The molecule has 0 aliphatic heterocycles. The Kier molecular flexibility index (Phi) is 7.25. The van der Waals surface area contributed by atoms with E-state index < -0.39 is 17.4 Å². The Morgan fingerprint density at radius 1 is 0.719 bits per heavy atom. The second-order valence-corrected chi connectivity index (χ2v) is 7.57. The molecule has 0 heterocycles. The summed E-state index contributed by atoms with van der Waals surface area (Å²) in [7, 11) is 0. The molecule has 2 amide bonds. The van der Waals surface area contributed by atoms with Crippen molar-refractivity contribution in [2.45, 2.75) is 46.0 Å². The van der Waals surface area contributed by atoms with Gasteiger partial charge in [-0.25, -0.2) is 0 Å². The van der Waals surface area contributed by atoms with E-state index in [1.807, 2.05) is 0 Å². The smallest absolute Gasteiger partial charge is 0.328 e. The summed E-state index contributed by atoms with van der Waals surface area (Å²) >= 11 is 0. The third-order valence-electron chi connectivity index (χ3n) is 5.33. The van der Waals surface area contributed by atoms with Crippen LogP contribution in [0, 0.1) is 5.41 Å². The number of benzene rings is 2. The summed E-state index contributed by atoms with van der Waals surface area (Å²) in [5.41, 5.74) is -0.162. The van der Waals surface area contributed by atoms with Gasteiger partial charge in [0.25, 0.3) is 0 Å². The predicted octanol–water partition coefficient (Wildman–Crippen LogP) is 4.06. The molecule has 1 saturated carbocycles. The van der Waals surface area contributed by atoms with E-state index in [1.165, 1.54) is 0 Å². The molecule has 1 aliphatic rings. The Balaban J connectivity index is 1.63. The molecule has 0 saturated heterocycles. The zero-order valence-corrected chi connectivity index (χ0v) is 18.1. The molecule has 168 valence electrons. The number of nitrogens with one attached hydrogen (secondary N) is 2. The summed E-state index contributed by atoms with van der Waals surface area (Å²) in [4.78, 5) is 48.6. The van der Waals surface area contributed by atoms with E-state index in [1.54, 1.807) is 62.4 Å². The third-order valence-corrected chi connectivity index (χ3v) is 5.33. The highest BCUT2D eigenvalue weighted by Gasteiger charge is 2.54. The second kappa shape index (κ2) is 10.1. The van der Waals surface area contributed by atoms with E-state index >= 15 is 0 Å². The average Bonchev–Trinajstić information content (AvgIpc) is 2.75. The normalized spacial score (nSPS) is 13.9. The SMILES string of the molecule is CCC(=O)Nc1ccc(OC(=O)C2(C(=O)Oc3ccc(NC(=O)CC)cc3)CCC2)cc1. The minimum atomic E-state index is -1.34. The lowest BCUT2D eigenvalue weighted by atomic mass is 9.69. The van der Waals surface area contributed by atoms with Crippen LogP contribution in [0.25, 0.3) is 0 Å². The fourth-order valence-electron chi connectivity index (χ4n) is 3.14. The van der Waals surface area contributed by atoms with E-state index in [-0.39, 0.29) is 23.3 Å². The van der Waals surface area contributed by atoms with Gasteiger partial charge in [-0.3, -0.25) is 19.2 Å². The van der Waals surface area contributed by atoms with Gasteiger partial charge in [-0.1, -0.05) is 13.8 Å². The van der Waals surface area contributed by atoms with E-state index in [9.17, 15) is 19.2 Å². The van der Waals surface area contributed by atoms with Gasteiger partial charge in [0.15, 0.2) is 5.41 Å². The lowest BCUT2D eigenvalue weighted by Crippen LogP contribution is -2.49. The van der Waals surface area contributed by atoms with Gasteiger partial charge in [0.1, 0.15) is 11.5 Å². The quantitative estimate of drug-likeness (QED) is 0.365. The van der Waals surface area contributed by atoms with Crippen molar-refractivity contribution < 1.29 is 28.7 Å². The molecule has 0 aromatic heterocycles. The van der Waals surface area contributed by atoms with Gasteiger partial charge in [0.2, 0.25) is 11.8 Å². The zero-order chi connectivity index (χ0) is 23.1. The Labute approximate surface area is 186 Å². The van der Waals surface area contributed by atoms with Crippen LogP contribution in [0.4, 0.5) is 11.4 Å². The first-order valence-electron chi connectivity index (χ1n) is 10.6. The standard InChI is InChI=1S/C24H26N2O6/c1-3-20(27)25-16-6-10-18(11-7-16)31-22(29)24(14-5-15-24)23(30)32-19-12-8-17(9-13-19)26-21(28)4-2/h6-13H,3-5,14-15H2,1-2H3,(H,25,27)(H,26,28). The second-order valence-electron chi connectivity index (χ2n) is 7.57. The number of ether oxygens (including phenoxy) is 2. The summed E-state index contributed by atoms with van der Waals surface area (Å²) in [5.74, 6) is -1.01. The number of esters is 2. The van der Waals surface area contributed by atoms with Crippen molar-refractivity contribution in [2.75, 3.05) is 10.6 Å². The third kappa shape index (κ3) is 5.32. The van der Waals surface area contributed by atoms with E-state index in [0.29, 0.717) is 43.5 Å². The fourth-order valence-corrected chi connectivity index (χ4v) is 3.14. The molecule has 0 atom stereocenters. The van der Waals surface area contributed by atoms with Crippen LogP contribution < -0.4 is 20.1 Å². The molecule has 0 spiro atoms.